The third-order valence-corrected chi connectivity index (χ3v) is 2.69. The van der Waals surface area contributed by atoms with Crippen LogP contribution in [0.1, 0.15) is 25.5 Å². The molecule has 0 heterocycles. The number of rotatable bonds is 2. The van der Waals surface area contributed by atoms with E-state index in [1.165, 1.54) is 0 Å². The monoisotopic (exact) mass is 253 g/mol. The van der Waals surface area contributed by atoms with E-state index in [1.807, 2.05) is 24.3 Å². The summed E-state index contributed by atoms with van der Waals surface area (Å²) in [6.07, 6.45) is -0.749. The lowest BCUT2D eigenvalue weighted by molar-refractivity contribution is 0.0868. The number of hydrogen-bond acceptors (Lipinski definition) is 2. The normalized spacial score (nSPS) is 13.4. The molecule has 74 valence electrons. The number of aliphatic hydroxyl groups is 1. The Hall–Kier alpha value is -0.850. The summed E-state index contributed by atoms with van der Waals surface area (Å²) in [7, 11) is 0. The minimum atomic E-state index is -0.756. The van der Waals surface area contributed by atoms with Gasteiger partial charge in [-0.05, 0) is 31.5 Å². The Morgan fingerprint density at radius 3 is 2.29 bits per heavy atom. The van der Waals surface area contributed by atoms with Gasteiger partial charge in [-0.25, -0.2) is 0 Å². The fraction of sp³-hybridized carbons (Fsp3) is 0.364. The maximum absolute atomic E-state index is 9.90. The molecule has 14 heavy (non-hydrogen) atoms. The van der Waals surface area contributed by atoms with Crippen molar-refractivity contribution in [3.05, 3.63) is 34.3 Å². The predicted octanol–water partition coefficient (Wildman–Crippen LogP) is 3.03. The van der Waals surface area contributed by atoms with E-state index < -0.39 is 11.5 Å². The van der Waals surface area contributed by atoms with Crippen LogP contribution in [0.15, 0.2) is 28.7 Å². The maximum atomic E-state index is 9.90. The van der Waals surface area contributed by atoms with Crippen LogP contribution in [0.2, 0.25) is 0 Å². The van der Waals surface area contributed by atoms with Gasteiger partial charge in [-0.3, -0.25) is 0 Å². The number of benzene rings is 1. The molecule has 0 aliphatic rings. The number of hydrogen-bond donors (Lipinski definition) is 1. The predicted molar refractivity (Wildman–Crippen MR) is 58.5 cm³/mol. The van der Waals surface area contributed by atoms with E-state index in [4.69, 9.17) is 5.26 Å². The first kappa shape index (κ1) is 11.2. The smallest absolute Gasteiger partial charge is 0.0970 e. The summed E-state index contributed by atoms with van der Waals surface area (Å²) in [4.78, 5) is 0. The lowest BCUT2D eigenvalue weighted by Gasteiger charge is -2.23. The summed E-state index contributed by atoms with van der Waals surface area (Å²) in [6.45, 7) is 3.44. The summed E-state index contributed by atoms with van der Waals surface area (Å²) >= 11 is 3.32. The molecule has 0 bridgehead atoms. The van der Waals surface area contributed by atoms with E-state index in [-0.39, 0.29) is 0 Å². The van der Waals surface area contributed by atoms with Gasteiger partial charge in [-0.1, -0.05) is 28.1 Å². The van der Waals surface area contributed by atoms with Gasteiger partial charge < -0.3 is 5.11 Å². The summed E-state index contributed by atoms with van der Waals surface area (Å²) < 4.78 is 0.961. The molecule has 1 N–H and O–H groups in total. The van der Waals surface area contributed by atoms with Crippen LogP contribution in [-0.4, -0.2) is 5.11 Å². The Kier molecular flexibility index (Phi) is 3.30. The Morgan fingerprint density at radius 1 is 1.36 bits per heavy atom. The molecule has 0 aromatic heterocycles. The minimum Gasteiger partial charge on any atom is -0.387 e. The van der Waals surface area contributed by atoms with E-state index >= 15 is 0 Å². The molecule has 0 aliphatic carbocycles. The summed E-state index contributed by atoms with van der Waals surface area (Å²) in [5, 5.41) is 18.8. The van der Waals surface area contributed by atoms with Gasteiger partial charge in [0.2, 0.25) is 0 Å². The topological polar surface area (TPSA) is 44.0 Å². The zero-order chi connectivity index (χ0) is 10.8. The van der Waals surface area contributed by atoms with Gasteiger partial charge in [0.25, 0.3) is 0 Å². The largest absolute Gasteiger partial charge is 0.387 e. The number of nitrogens with zero attached hydrogens (tertiary/aromatic N) is 1. The summed E-state index contributed by atoms with van der Waals surface area (Å²) in [5.41, 5.74) is 0.00754. The average molecular weight is 254 g/mol. The van der Waals surface area contributed by atoms with Crippen LogP contribution in [0.3, 0.4) is 0 Å². The molecule has 3 heteroatoms. The van der Waals surface area contributed by atoms with Gasteiger partial charge in [0.1, 0.15) is 0 Å². The zero-order valence-corrected chi connectivity index (χ0v) is 9.75. The van der Waals surface area contributed by atoms with Crippen LogP contribution >= 0.6 is 15.9 Å². The van der Waals surface area contributed by atoms with E-state index in [9.17, 15) is 5.11 Å². The van der Waals surface area contributed by atoms with Crippen molar-refractivity contribution in [2.24, 2.45) is 5.41 Å². The van der Waals surface area contributed by atoms with Crippen molar-refractivity contribution in [3.63, 3.8) is 0 Å². The van der Waals surface area contributed by atoms with Gasteiger partial charge in [-0.15, -0.1) is 0 Å². The van der Waals surface area contributed by atoms with Crippen molar-refractivity contribution in [2.45, 2.75) is 20.0 Å². The Balaban J connectivity index is 2.96. The summed E-state index contributed by atoms with van der Waals surface area (Å²) in [6, 6.07) is 9.43. The zero-order valence-electron chi connectivity index (χ0n) is 8.16. The van der Waals surface area contributed by atoms with Crippen LogP contribution < -0.4 is 0 Å². The highest BCUT2D eigenvalue weighted by Crippen LogP contribution is 2.32. The van der Waals surface area contributed by atoms with Crippen molar-refractivity contribution in [1.82, 2.24) is 0 Å². The van der Waals surface area contributed by atoms with E-state index in [0.29, 0.717) is 0 Å². The fourth-order valence-electron chi connectivity index (χ4n) is 1.12. The third-order valence-electron chi connectivity index (χ3n) is 2.16. The molecule has 1 aromatic carbocycles. The lowest BCUT2D eigenvalue weighted by Crippen LogP contribution is -2.19. The summed E-state index contributed by atoms with van der Waals surface area (Å²) in [5.74, 6) is 0. The molecular weight excluding hydrogens is 242 g/mol. The molecular formula is C11H12BrNO. The van der Waals surface area contributed by atoms with E-state index in [1.54, 1.807) is 13.8 Å². The van der Waals surface area contributed by atoms with Gasteiger partial charge in [-0.2, -0.15) is 5.26 Å². The van der Waals surface area contributed by atoms with E-state index in [0.717, 1.165) is 10.0 Å². The van der Waals surface area contributed by atoms with Gasteiger partial charge in [0, 0.05) is 4.47 Å². The molecule has 1 atom stereocenters. The van der Waals surface area contributed by atoms with Gasteiger partial charge in [0.15, 0.2) is 0 Å². The van der Waals surface area contributed by atoms with Crippen molar-refractivity contribution < 1.29 is 5.11 Å². The minimum absolute atomic E-state index is 0.749. The fourth-order valence-corrected chi connectivity index (χ4v) is 1.39. The van der Waals surface area contributed by atoms with Crippen molar-refractivity contribution >= 4 is 15.9 Å². The van der Waals surface area contributed by atoms with Crippen molar-refractivity contribution in [3.8, 4) is 6.07 Å². The van der Waals surface area contributed by atoms with Gasteiger partial charge in [0.05, 0.1) is 17.6 Å². The van der Waals surface area contributed by atoms with Crippen molar-refractivity contribution in [1.29, 1.82) is 5.26 Å². The highest BCUT2D eigenvalue weighted by molar-refractivity contribution is 9.10. The SMILES string of the molecule is CC(C)(C#N)[C@H](O)c1ccc(Br)cc1. The number of halogens is 1. The standard InChI is InChI=1S/C11H12BrNO/c1-11(2,7-13)10(14)8-3-5-9(12)6-4-8/h3-6,10,14H,1-2H3/t10-/m1/s1. The first-order chi connectivity index (χ1) is 6.47. The molecule has 0 aliphatic heterocycles. The van der Waals surface area contributed by atoms with Crippen LogP contribution in [0.25, 0.3) is 0 Å². The number of aliphatic hydroxyl groups excluding tert-OH is 1. The average Bonchev–Trinajstić information content (AvgIpc) is 2.18. The van der Waals surface area contributed by atoms with Crippen molar-refractivity contribution in [2.75, 3.05) is 0 Å². The lowest BCUT2D eigenvalue weighted by atomic mass is 9.84. The quantitative estimate of drug-likeness (QED) is 0.881. The second kappa shape index (κ2) is 4.12. The third kappa shape index (κ3) is 2.34. The molecule has 1 rings (SSSR count). The second-order valence-corrected chi connectivity index (χ2v) is 4.70. The molecule has 0 amide bonds. The first-order valence-electron chi connectivity index (χ1n) is 4.32. The Bertz CT molecular complexity index is 351. The molecule has 1 aromatic rings. The first-order valence-corrected chi connectivity index (χ1v) is 5.11. The maximum Gasteiger partial charge on any atom is 0.0970 e. The molecule has 0 spiro atoms. The van der Waals surface area contributed by atoms with Crippen LogP contribution in [-0.2, 0) is 0 Å². The van der Waals surface area contributed by atoms with Crippen LogP contribution in [0.5, 0.6) is 0 Å². The molecule has 0 unspecified atom stereocenters. The number of nitriles is 1. The molecule has 0 fully saturated rings. The Morgan fingerprint density at radius 2 is 1.86 bits per heavy atom. The van der Waals surface area contributed by atoms with Gasteiger partial charge >= 0.3 is 0 Å². The Labute approximate surface area is 92.3 Å². The second-order valence-electron chi connectivity index (χ2n) is 3.79. The molecule has 0 saturated carbocycles. The van der Waals surface area contributed by atoms with Crippen LogP contribution in [0, 0.1) is 16.7 Å². The van der Waals surface area contributed by atoms with Crippen LogP contribution in [0.4, 0.5) is 0 Å². The van der Waals surface area contributed by atoms with E-state index in [2.05, 4.69) is 22.0 Å². The molecule has 0 saturated heterocycles. The highest BCUT2D eigenvalue weighted by Gasteiger charge is 2.28. The highest BCUT2D eigenvalue weighted by atomic mass is 79.9. The molecule has 2 nitrogen and oxygen atoms in total. The molecule has 0 radical (unpaired) electrons.